The summed E-state index contributed by atoms with van der Waals surface area (Å²) in [6.45, 7) is 16.7. The summed E-state index contributed by atoms with van der Waals surface area (Å²) in [5, 5.41) is 15.9. The van der Waals surface area contributed by atoms with Crippen molar-refractivity contribution in [2.75, 3.05) is 0 Å². The van der Waals surface area contributed by atoms with Crippen LogP contribution in [-0.2, 0) is 9.30 Å². The van der Waals surface area contributed by atoms with Crippen molar-refractivity contribution in [2.45, 2.75) is 75.3 Å². The quantitative estimate of drug-likeness (QED) is 0.0809. The van der Waals surface area contributed by atoms with Crippen molar-refractivity contribution >= 4 is 84.6 Å². The molecule has 0 fully saturated rings. The van der Waals surface area contributed by atoms with Crippen LogP contribution in [0.4, 0.5) is 0 Å². The van der Waals surface area contributed by atoms with Crippen LogP contribution < -0.4 is 10.9 Å². The zero-order valence-electron chi connectivity index (χ0n) is 35.0. The molecule has 3 aromatic heterocycles. The molecule has 0 aliphatic heterocycles. The molecule has 18 heteroatoms. The number of aromatic nitrogens is 2. The van der Waals surface area contributed by atoms with E-state index in [-0.39, 0.29) is 24.6 Å². The predicted molar refractivity (Wildman–Crippen MR) is 245 cm³/mol. The van der Waals surface area contributed by atoms with Gasteiger partial charge in [-0.25, -0.2) is 9.59 Å². The van der Waals surface area contributed by atoms with Gasteiger partial charge in [-0.1, -0.05) is 31.7 Å². The van der Waals surface area contributed by atoms with Gasteiger partial charge in [0.2, 0.25) is 5.89 Å². The summed E-state index contributed by atoms with van der Waals surface area (Å²) in [6.07, 6.45) is 0. The number of nitrogens with one attached hydrogen (secondary N) is 2. The maximum atomic E-state index is 12.5. The number of hydrogen-bond donors (Lipinski definition) is 3. The monoisotopic (exact) mass is 938 g/mol. The average Bonchev–Trinajstić information content (AvgIpc) is 3.96. The number of carbonyl (C=O) groups is 4. The SMILES string of the molecule is C.Cc1cc(C(=O)O)ccc1-c1nnc(-c2cc3c(C)ccc(C)c3o2)o1.Cc1cc(C(=O)OC(C)(C)C)ccc1C(=O)NNC(=O)c1cc2c(C)ccc(C)c2o1.O=P(Cl)(Cl)Cl. The van der Waals surface area contributed by atoms with E-state index in [2.05, 4.69) is 54.8 Å². The minimum absolute atomic E-state index is 0. The number of carboxylic acids is 1. The molecule has 0 aliphatic rings. The highest BCUT2D eigenvalue weighted by Crippen LogP contribution is 2.61. The van der Waals surface area contributed by atoms with Gasteiger partial charge in [-0.3, -0.25) is 25.0 Å². The lowest BCUT2D eigenvalue weighted by Crippen LogP contribution is -2.41. The van der Waals surface area contributed by atoms with Crippen molar-refractivity contribution in [2.24, 2.45) is 0 Å². The van der Waals surface area contributed by atoms with E-state index in [1.807, 2.05) is 58.0 Å². The molecule has 0 bridgehead atoms. The second-order valence-corrected chi connectivity index (χ2v) is 21.8. The number of esters is 1. The molecule has 0 aliphatic carbocycles. The Morgan fingerprint density at radius 1 is 0.635 bits per heavy atom. The number of fused-ring (bicyclic) bond motifs is 2. The second-order valence-electron chi connectivity index (χ2n) is 15.2. The smallest absolute Gasteiger partial charge is 0.339 e. The Hall–Kier alpha value is -5.92. The number of aryl methyl sites for hydroxylation is 6. The highest BCUT2D eigenvalue weighted by Gasteiger charge is 2.22. The number of halogens is 3. The van der Waals surface area contributed by atoms with E-state index in [1.54, 1.807) is 58.9 Å². The van der Waals surface area contributed by atoms with Crippen LogP contribution in [0.3, 0.4) is 0 Å². The van der Waals surface area contributed by atoms with Gasteiger partial charge in [-0.2, -0.15) is 0 Å². The molecule has 3 heterocycles. The number of hydrazine groups is 1. The van der Waals surface area contributed by atoms with Crippen molar-refractivity contribution in [3.05, 3.63) is 129 Å². The van der Waals surface area contributed by atoms with Gasteiger partial charge in [0.15, 0.2) is 11.5 Å². The van der Waals surface area contributed by atoms with E-state index >= 15 is 0 Å². The third-order valence-electron chi connectivity index (χ3n) is 9.16. The van der Waals surface area contributed by atoms with Gasteiger partial charge < -0.3 is 23.1 Å². The van der Waals surface area contributed by atoms with Crippen LogP contribution in [0.25, 0.3) is 45.0 Å². The van der Waals surface area contributed by atoms with Crippen molar-refractivity contribution in [1.82, 2.24) is 21.0 Å². The molecule has 4 aromatic carbocycles. The number of ether oxygens (including phenoxy) is 1. The van der Waals surface area contributed by atoms with Crippen molar-refractivity contribution in [3.8, 4) is 23.1 Å². The van der Waals surface area contributed by atoms with E-state index < -0.39 is 34.6 Å². The highest BCUT2D eigenvalue weighted by molar-refractivity contribution is 8.24. The first-order valence-electron chi connectivity index (χ1n) is 18.7. The van der Waals surface area contributed by atoms with Crippen molar-refractivity contribution in [3.63, 3.8) is 0 Å². The fraction of sp³-hybridized carbons (Fsp3) is 0.244. The molecule has 0 saturated heterocycles. The average molecular weight is 940 g/mol. The molecule has 332 valence electrons. The number of aromatic carboxylic acids is 1. The van der Waals surface area contributed by atoms with E-state index in [0.717, 1.165) is 44.2 Å². The molecular formula is C45H46Cl3N4O10P. The molecule has 7 rings (SSSR count). The third kappa shape index (κ3) is 12.8. The maximum Gasteiger partial charge on any atom is 0.339 e. The van der Waals surface area contributed by atoms with Crippen molar-refractivity contribution in [1.29, 1.82) is 0 Å². The van der Waals surface area contributed by atoms with Crippen LogP contribution in [0, 0.1) is 41.5 Å². The topological polar surface area (TPSA) is 204 Å². The molecule has 0 spiro atoms. The van der Waals surface area contributed by atoms with Crippen LogP contribution in [0.2, 0.25) is 0 Å². The van der Waals surface area contributed by atoms with E-state index in [4.69, 9.17) is 23.1 Å². The Balaban J connectivity index is 0.000000249. The molecule has 0 atom stereocenters. The van der Waals surface area contributed by atoms with Gasteiger partial charge >= 0.3 is 23.0 Å². The first kappa shape index (κ1) is 49.7. The lowest BCUT2D eigenvalue weighted by Gasteiger charge is -2.19. The summed E-state index contributed by atoms with van der Waals surface area (Å²) in [7, 11) is 0. The molecule has 63 heavy (non-hydrogen) atoms. The highest BCUT2D eigenvalue weighted by atomic mass is 36.0. The predicted octanol–water partition coefficient (Wildman–Crippen LogP) is 12.6. The Morgan fingerprint density at radius 3 is 1.67 bits per heavy atom. The van der Waals surface area contributed by atoms with Gasteiger partial charge in [0.1, 0.15) is 16.8 Å². The zero-order valence-corrected chi connectivity index (χ0v) is 38.2. The van der Waals surface area contributed by atoms with Crippen LogP contribution in [0.5, 0.6) is 0 Å². The number of hydrogen-bond acceptors (Lipinski definition) is 11. The lowest BCUT2D eigenvalue weighted by molar-refractivity contribution is 0.00688. The van der Waals surface area contributed by atoms with E-state index in [0.29, 0.717) is 39.5 Å². The Labute approximate surface area is 378 Å². The Morgan fingerprint density at radius 2 is 1.14 bits per heavy atom. The molecular weight excluding hydrogens is 894 g/mol. The summed E-state index contributed by atoms with van der Waals surface area (Å²) in [5.41, 5.74) is 12.6. The normalized spacial score (nSPS) is 11.1. The Bertz CT molecular complexity index is 2820. The van der Waals surface area contributed by atoms with Crippen LogP contribution >= 0.6 is 38.9 Å². The first-order chi connectivity index (χ1) is 28.9. The molecule has 2 amide bonds. The molecule has 0 radical (unpaired) electrons. The van der Waals surface area contributed by atoms with Crippen LogP contribution in [-0.4, -0.2) is 44.7 Å². The summed E-state index contributed by atoms with van der Waals surface area (Å²) < 4.78 is 32.2. The van der Waals surface area contributed by atoms with Gasteiger partial charge in [0.05, 0.1) is 11.1 Å². The molecule has 3 N–H and O–H groups in total. The van der Waals surface area contributed by atoms with E-state index in [1.165, 1.54) is 18.2 Å². The summed E-state index contributed by atoms with van der Waals surface area (Å²) in [6, 6.07) is 20.9. The minimum Gasteiger partial charge on any atom is -0.478 e. The third-order valence-corrected chi connectivity index (χ3v) is 9.16. The molecule has 14 nitrogen and oxygen atoms in total. The summed E-state index contributed by atoms with van der Waals surface area (Å²) >= 11 is 13.8. The van der Waals surface area contributed by atoms with Crippen LogP contribution in [0.1, 0.15) is 103 Å². The number of furan rings is 2. The first-order valence-corrected chi connectivity index (χ1v) is 23.1. The van der Waals surface area contributed by atoms with Gasteiger partial charge in [-0.05, 0) is 178 Å². The van der Waals surface area contributed by atoms with Crippen molar-refractivity contribution < 1.29 is 46.8 Å². The number of benzene rings is 4. The lowest BCUT2D eigenvalue weighted by atomic mass is 10.0. The Kier molecular flexibility index (Phi) is 15.8. The van der Waals surface area contributed by atoms with E-state index in [9.17, 15) is 23.7 Å². The number of carboxylic acid groups (broad SMARTS) is 1. The summed E-state index contributed by atoms with van der Waals surface area (Å²) in [5.74, 6) is -1.29. The standard InChI is InChI=1S/C24H26N2O5.C20H16N2O4.CH4.Cl3OP/c1-13-7-8-14(2)20-18(13)12-19(30-20)22(28)26-25-21(27)17-10-9-16(11-15(17)3)23(29)31-24(4,5)6;1-10-4-5-11(2)17-15(10)9-16(25-17)19-22-21-18(26-19)14-7-6-13(20(23)24)8-12(14)3;;1-5(2,3)4/h7-12H,1-6H3,(H,25,27)(H,26,28);4-9H,1-3H3,(H,23,24);1H4;. The largest absolute Gasteiger partial charge is 0.478 e. The van der Waals surface area contributed by atoms with Crippen LogP contribution in [0.15, 0.2) is 86.0 Å². The van der Waals surface area contributed by atoms with Gasteiger partial charge in [0.25, 0.3) is 11.8 Å². The zero-order chi connectivity index (χ0) is 45.8. The number of nitrogens with zero attached hydrogens (tertiary/aromatic N) is 2. The van der Waals surface area contributed by atoms with Gasteiger partial charge in [-0.15, -0.1) is 10.2 Å². The maximum absolute atomic E-state index is 12.5. The molecule has 0 saturated carbocycles. The number of rotatable bonds is 6. The fourth-order valence-corrected chi connectivity index (χ4v) is 6.10. The number of amides is 2. The summed E-state index contributed by atoms with van der Waals surface area (Å²) in [4.78, 5) is 48.2. The minimum atomic E-state index is -3.22. The second kappa shape index (κ2) is 20.1. The van der Waals surface area contributed by atoms with Gasteiger partial charge in [0, 0.05) is 21.9 Å². The molecule has 7 aromatic rings. The number of carbonyl (C=O) groups excluding carboxylic acids is 3. The fourth-order valence-electron chi connectivity index (χ4n) is 6.10. The molecule has 0 unspecified atom stereocenters.